The Balaban J connectivity index is 1.43. The number of benzene rings is 3. The molecule has 43 heavy (non-hydrogen) atoms. The molecule has 2 unspecified atom stereocenters. The van der Waals surface area contributed by atoms with E-state index in [0.717, 1.165) is 47.4 Å². The number of phenols is 1. The summed E-state index contributed by atoms with van der Waals surface area (Å²) in [6, 6.07) is 29.3. The fourth-order valence-electron chi connectivity index (χ4n) is 6.72. The molecule has 3 aromatic carbocycles. The van der Waals surface area contributed by atoms with Crippen molar-refractivity contribution in [2.75, 3.05) is 13.1 Å². The minimum absolute atomic E-state index is 0.0553. The predicted octanol–water partition coefficient (Wildman–Crippen LogP) is 6.04. The fraction of sp³-hybridized carbons (Fsp3) is 0.306. The van der Waals surface area contributed by atoms with E-state index >= 15 is 0 Å². The second-order valence-electron chi connectivity index (χ2n) is 12.7. The third-order valence-corrected chi connectivity index (χ3v) is 13.8. The molecule has 0 aliphatic carbocycles. The van der Waals surface area contributed by atoms with E-state index in [1.807, 2.05) is 32.2 Å². The van der Waals surface area contributed by atoms with Crippen LogP contribution in [-0.4, -0.2) is 47.6 Å². The van der Waals surface area contributed by atoms with Crippen molar-refractivity contribution in [3.63, 3.8) is 0 Å². The summed E-state index contributed by atoms with van der Waals surface area (Å²) in [7, 11) is -2.77. The first-order valence-electron chi connectivity index (χ1n) is 15.1. The molecule has 1 aliphatic heterocycles. The van der Waals surface area contributed by atoms with E-state index in [1.165, 1.54) is 10.4 Å². The molecule has 1 saturated heterocycles. The largest absolute Gasteiger partial charge is 0.507 e. The van der Waals surface area contributed by atoms with Crippen LogP contribution in [0.25, 0.3) is 22.4 Å². The highest BCUT2D eigenvalue weighted by atomic mass is 28.4. The Labute approximate surface area is 255 Å². The second kappa shape index (κ2) is 11.6. The van der Waals surface area contributed by atoms with Crippen LogP contribution in [0, 0.1) is 13.8 Å². The highest BCUT2D eigenvalue weighted by Crippen LogP contribution is 2.40. The Hall–Kier alpha value is -3.91. The van der Waals surface area contributed by atoms with Crippen LogP contribution >= 0.6 is 0 Å². The van der Waals surface area contributed by atoms with Crippen molar-refractivity contribution < 1.29 is 9.53 Å². The number of nitrogens with zero attached hydrogens (tertiary/aromatic N) is 3. The molecule has 0 bridgehead atoms. The molecule has 0 radical (unpaired) electrons. The number of hydrogen-bond acceptors (Lipinski definition) is 6. The summed E-state index contributed by atoms with van der Waals surface area (Å²) < 4.78 is 7.59. The summed E-state index contributed by atoms with van der Waals surface area (Å²) in [5.74, 6) is 0.283. The number of aryl methyl sites for hydroxylation is 2. The van der Waals surface area contributed by atoms with Gasteiger partial charge in [0.05, 0.1) is 17.5 Å². The van der Waals surface area contributed by atoms with Crippen molar-refractivity contribution in [2.45, 2.75) is 58.1 Å². The number of hydrogen-bond donors (Lipinski definition) is 2. The molecule has 6 rings (SSSR count). The van der Waals surface area contributed by atoms with Crippen molar-refractivity contribution >= 4 is 29.9 Å². The number of fused-ring (bicyclic) bond motifs is 1. The van der Waals surface area contributed by atoms with Gasteiger partial charge in [0.15, 0.2) is 5.65 Å². The zero-order chi connectivity index (χ0) is 30.2. The van der Waals surface area contributed by atoms with Gasteiger partial charge in [-0.05, 0) is 71.6 Å². The number of rotatable bonds is 6. The average Bonchev–Trinajstić information content (AvgIpc) is 2.99. The first kappa shape index (κ1) is 29.2. The van der Waals surface area contributed by atoms with Crippen LogP contribution in [0.4, 0.5) is 0 Å². The van der Waals surface area contributed by atoms with E-state index in [0.29, 0.717) is 11.3 Å². The number of aromatic hydroxyl groups is 1. The quantitative estimate of drug-likeness (QED) is 0.236. The zero-order valence-corrected chi connectivity index (χ0v) is 26.6. The molecule has 2 atom stereocenters. The highest BCUT2D eigenvalue weighted by molar-refractivity contribution is 6.99. The van der Waals surface area contributed by atoms with Gasteiger partial charge in [-0.2, -0.15) is 0 Å². The Bertz CT molecular complexity index is 1680. The summed E-state index contributed by atoms with van der Waals surface area (Å²) >= 11 is 0. The van der Waals surface area contributed by atoms with Gasteiger partial charge in [0.1, 0.15) is 11.3 Å². The van der Waals surface area contributed by atoms with Crippen LogP contribution in [-0.2, 0) is 4.43 Å². The summed E-state index contributed by atoms with van der Waals surface area (Å²) in [6.07, 6.45) is 2.69. The summed E-state index contributed by atoms with van der Waals surface area (Å²) in [6.45, 7) is 12.5. The molecule has 0 saturated carbocycles. The molecule has 7 heteroatoms. The van der Waals surface area contributed by atoms with Crippen LogP contribution in [0.5, 0.6) is 5.75 Å². The van der Waals surface area contributed by atoms with Gasteiger partial charge in [-0.1, -0.05) is 87.5 Å². The van der Waals surface area contributed by atoms with Gasteiger partial charge in [-0.15, -0.1) is 0 Å². The van der Waals surface area contributed by atoms with Crippen molar-refractivity contribution in [1.82, 2.24) is 20.3 Å². The lowest BCUT2D eigenvalue weighted by Crippen LogP contribution is -2.69. The predicted molar refractivity (Wildman–Crippen MR) is 177 cm³/mol. The minimum Gasteiger partial charge on any atom is -0.507 e. The van der Waals surface area contributed by atoms with E-state index < -0.39 is 8.32 Å². The number of piperidine rings is 1. The zero-order valence-electron chi connectivity index (χ0n) is 25.6. The van der Waals surface area contributed by atoms with E-state index in [9.17, 15) is 5.11 Å². The fourth-order valence-corrected chi connectivity index (χ4v) is 11.4. The van der Waals surface area contributed by atoms with Crippen molar-refractivity contribution in [3.05, 3.63) is 108 Å². The van der Waals surface area contributed by atoms with Crippen LogP contribution in [0.3, 0.4) is 0 Å². The van der Waals surface area contributed by atoms with Crippen molar-refractivity contribution in [1.29, 1.82) is 0 Å². The SMILES string of the molecule is Cc1cc(C)c(-c2ccc3ncc(C4CCNCC4O[Si](c4ccccc4)(c4ccccc4)C(C)(C)C)nc3n2)c(O)c1. The molecule has 2 aromatic heterocycles. The third-order valence-electron chi connectivity index (χ3n) is 8.69. The standard InChI is InChI=1S/C36H40N4O2Si/c1-24-20-25(2)34(32(41)21-24)29-16-17-30-35(39-29)40-31(22-38-30)28-18-19-37-23-33(28)42-43(36(3,4)5,26-12-8-6-9-13-26)27-14-10-7-11-15-27/h6-17,20-22,28,33,37,41H,18-19,23H2,1-5H3. The Morgan fingerprint density at radius 1 is 0.884 bits per heavy atom. The van der Waals surface area contributed by atoms with Gasteiger partial charge in [0.25, 0.3) is 8.32 Å². The molecule has 220 valence electrons. The highest BCUT2D eigenvalue weighted by Gasteiger charge is 2.52. The van der Waals surface area contributed by atoms with Crippen molar-refractivity contribution in [2.24, 2.45) is 0 Å². The molecule has 6 nitrogen and oxygen atoms in total. The normalized spacial score (nSPS) is 17.7. The summed E-state index contributed by atoms with van der Waals surface area (Å²) in [5.41, 5.74) is 5.62. The lowest BCUT2D eigenvalue weighted by atomic mass is 9.92. The van der Waals surface area contributed by atoms with E-state index in [1.54, 1.807) is 6.07 Å². The van der Waals surface area contributed by atoms with Crippen molar-refractivity contribution in [3.8, 4) is 17.0 Å². The maximum Gasteiger partial charge on any atom is 0.261 e. The Morgan fingerprint density at radius 2 is 1.56 bits per heavy atom. The average molecular weight is 589 g/mol. The maximum absolute atomic E-state index is 10.8. The summed E-state index contributed by atoms with van der Waals surface area (Å²) in [4.78, 5) is 14.8. The Morgan fingerprint density at radius 3 is 2.19 bits per heavy atom. The molecule has 3 heterocycles. The monoisotopic (exact) mass is 588 g/mol. The second-order valence-corrected chi connectivity index (χ2v) is 17.0. The number of aromatic nitrogens is 3. The lowest BCUT2D eigenvalue weighted by molar-refractivity contribution is 0.129. The van der Waals surface area contributed by atoms with Crippen LogP contribution < -0.4 is 15.7 Å². The lowest BCUT2D eigenvalue weighted by Gasteiger charge is -2.47. The van der Waals surface area contributed by atoms with E-state index in [2.05, 4.69) is 92.8 Å². The third kappa shape index (κ3) is 5.49. The first-order chi connectivity index (χ1) is 20.7. The molecule has 0 spiro atoms. The molecule has 5 aromatic rings. The molecule has 2 N–H and O–H groups in total. The molecular formula is C36H40N4O2Si. The number of nitrogens with one attached hydrogen (secondary N) is 1. The topological polar surface area (TPSA) is 80.2 Å². The number of pyridine rings is 1. The van der Waals surface area contributed by atoms with Gasteiger partial charge < -0.3 is 14.8 Å². The van der Waals surface area contributed by atoms with Gasteiger partial charge in [0, 0.05) is 24.2 Å². The van der Waals surface area contributed by atoms with E-state index in [4.69, 9.17) is 19.4 Å². The summed E-state index contributed by atoms with van der Waals surface area (Å²) in [5, 5.41) is 16.8. The van der Waals surface area contributed by atoms with Crippen LogP contribution in [0.2, 0.25) is 5.04 Å². The van der Waals surface area contributed by atoms with Crippen LogP contribution in [0.1, 0.15) is 49.9 Å². The first-order valence-corrected chi connectivity index (χ1v) is 17.0. The number of phenolic OH excluding ortho intramolecular Hbond substituents is 1. The van der Waals surface area contributed by atoms with Gasteiger partial charge >= 0.3 is 0 Å². The van der Waals surface area contributed by atoms with Crippen LogP contribution in [0.15, 0.2) is 91.1 Å². The molecule has 0 amide bonds. The smallest absolute Gasteiger partial charge is 0.261 e. The van der Waals surface area contributed by atoms with Gasteiger partial charge in [-0.3, -0.25) is 4.98 Å². The maximum atomic E-state index is 10.8. The molecule has 1 aliphatic rings. The minimum atomic E-state index is -2.77. The van der Waals surface area contributed by atoms with Gasteiger partial charge in [0.2, 0.25) is 0 Å². The molecular weight excluding hydrogens is 549 g/mol. The Kier molecular flexibility index (Phi) is 7.90. The van der Waals surface area contributed by atoms with Gasteiger partial charge in [-0.25, -0.2) is 9.97 Å². The van der Waals surface area contributed by atoms with E-state index in [-0.39, 0.29) is 22.8 Å². The molecule has 1 fully saturated rings.